The van der Waals surface area contributed by atoms with Gasteiger partial charge in [0.05, 0.1) is 13.7 Å². The lowest BCUT2D eigenvalue weighted by atomic mass is 10.1. The molecule has 0 aliphatic rings. The number of hydrogen-bond donors (Lipinski definition) is 0. The maximum atomic E-state index is 14.0. The van der Waals surface area contributed by atoms with Crippen molar-refractivity contribution in [3.05, 3.63) is 77.4 Å². The zero-order valence-electron chi connectivity index (χ0n) is 15.0. The summed E-state index contributed by atoms with van der Waals surface area (Å²) in [5, 5.41) is 0. The molecule has 0 aliphatic heterocycles. The summed E-state index contributed by atoms with van der Waals surface area (Å²) in [4.78, 5) is 11.4. The van der Waals surface area contributed by atoms with Gasteiger partial charge in [-0.1, -0.05) is 11.8 Å². The van der Waals surface area contributed by atoms with E-state index in [9.17, 15) is 9.18 Å². The Bertz CT molecular complexity index is 993. The molecule has 0 saturated heterocycles. The topological polar surface area (TPSA) is 40.5 Å². The summed E-state index contributed by atoms with van der Waals surface area (Å²) in [5.74, 6) is 6.33. The van der Waals surface area contributed by atoms with E-state index in [-0.39, 0.29) is 18.1 Å². The monoisotopic (exact) mass is 363 g/mol. The van der Waals surface area contributed by atoms with E-state index in [2.05, 4.69) is 11.8 Å². The Morgan fingerprint density at radius 3 is 2.15 bits per heavy atom. The Morgan fingerprint density at radius 1 is 1.04 bits per heavy atom. The highest BCUT2D eigenvalue weighted by Crippen LogP contribution is 2.26. The Balaban J connectivity index is 1.85. The molecule has 0 N–H and O–H groups in total. The van der Waals surface area contributed by atoms with Gasteiger partial charge in [0.25, 0.3) is 0 Å². The van der Waals surface area contributed by atoms with Crippen molar-refractivity contribution < 1.29 is 18.7 Å². The largest absolute Gasteiger partial charge is 0.497 e. The first-order valence-electron chi connectivity index (χ1n) is 8.41. The van der Waals surface area contributed by atoms with Crippen LogP contribution in [0.15, 0.2) is 54.7 Å². The lowest BCUT2D eigenvalue weighted by Gasteiger charge is -2.06. The molecule has 2 aromatic carbocycles. The fourth-order valence-electron chi connectivity index (χ4n) is 2.61. The van der Waals surface area contributed by atoms with Crippen LogP contribution in [0.25, 0.3) is 5.69 Å². The molecule has 0 bridgehead atoms. The predicted octanol–water partition coefficient (Wildman–Crippen LogP) is 4.24. The van der Waals surface area contributed by atoms with Crippen LogP contribution in [0.2, 0.25) is 0 Å². The number of benzene rings is 2. The Kier molecular flexibility index (Phi) is 5.58. The lowest BCUT2D eigenvalue weighted by molar-refractivity contribution is 0.111. The highest BCUT2D eigenvalue weighted by atomic mass is 19.1. The minimum absolute atomic E-state index is 0.0316. The number of aldehydes is 1. The molecule has 1 aromatic heterocycles. The van der Waals surface area contributed by atoms with Crippen molar-refractivity contribution in [3.8, 4) is 29.0 Å². The minimum atomic E-state index is -0.567. The minimum Gasteiger partial charge on any atom is -0.497 e. The van der Waals surface area contributed by atoms with Crippen LogP contribution >= 0.6 is 0 Å². The van der Waals surface area contributed by atoms with Gasteiger partial charge in [0.15, 0.2) is 17.9 Å². The molecule has 0 fully saturated rings. The number of methoxy groups -OCH3 is 1. The van der Waals surface area contributed by atoms with Crippen LogP contribution in [0.1, 0.15) is 28.5 Å². The molecule has 1 heterocycles. The van der Waals surface area contributed by atoms with E-state index in [0.717, 1.165) is 16.9 Å². The molecule has 0 spiro atoms. The van der Waals surface area contributed by atoms with Crippen LogP contribution in [0.4, 0.5) is 4.39 Å². The summed E-state index contributed by atoms with van der Waals surface area (Å²) < 4.78 is 25.9. The van der Waals surface area contributed by atoms with Gasteiger partial charge in [-0.15, -0.1) is 0 Å². The third kappa shape index (κ3) is 4.01. The van der Waals surface area contributed by atoms with Gasteiger partial charge in [-0.3, -0.25) is 4.79 Å². The number of hydrogen-bond acceptors (Lipinski definition) is 3. The summed E-state index contributed by atoms with van der Waals surface area (Å²) in [6.07, 6.45) is 1.83. The average Bonchev–Trinajstić information content (AvgIpc) is 3.03. The Morgan fingerprint density at radius 2 is 1.63 bits per heavy atom. The van der Waals surface area contributed by atoms with Crippen LogP contribution in [-0.4, -0.2) is 24.6 Å². The SMILES string of the molecule is CCOc1c(F)cn(-c2ccc(C#Cc3ccc(OC)cc3)cc2)c1C=O. The maximum Gasteiger partial charge on any atom is 0.183 e. The third-order valence-corrected chi connectivity index (χ3v) is 3.94. The average molecular weight is 363 g/mol. The molecule has 0 radical (unpaired) electrons. The fraction of sp³-hybridized carbons (Fsp3) is 0.136. The second-order valence-corrected chi connectivity index (χ2v) is 5.64. The van der Waals surface area contributed by atoms with Gasteiger partial charge < -0.3 is 14.0 Å². The number of carbonyl (C=O) groups is 1. The van der Waals surface area contributed by atoms with Gasteiger partial charge in [-0.2, -0.15) is 0 Å². The fourth-order valence-corrected chi connectivity index (χ4v) is 2.61. The third-order valence-electron chi connectivity index (χ3n) is 3.94. The van der Waals surface area contributed by atoms with Crippen molar-refractivity contribution in [2.45, 2.75) is 6.92 Å². The number of ether oxygens (including phenoxy) is 2. The highest BCUT2D eigenvalue weighted by Gasteiger charge is 2.17. The van der Waals surface area contributed by atoms with E-state index in [4.69, 9.17) is 9.47 Å². The number of aromatic nitrogens is 1. The molecule has 4 nitrogen and oxygen atoms in total. The van der Waals surface area contributed by atoms with E-state index in [1.165, 1.54) is 10.8 Å². The summed E-state index contributed by atoms with van der Waals surface area (Å²) in [6.45, 7) is 2.02. The van der Waals surface area contributed by atoms with Crippen LogP contribution in [-0.2, 0) is 0 Å². The summed E-state index contributed by atoms with van der Waals surface area (Å²) >= 11 is 0. The molecule has 0 aliphatic carbocycles. The van der Waals surface area contributed by atoms with Crippen LogP contribution in [0.3, 0.4) is 0 Å². The molecule has 0 atom stereocenters. The molecule has 3 aromatic rings. The number of carbonyl (C=O) groups excluding carboxylic acids is 1. The summed E-state index contributed by atoms with van der Waals surface area (Å²) in [6, 6.07) is 14.7. The van der Waals surface area contributed by atoms with E-state index in [1.807, 2.05) is 36.4 Å². The van der Waals surface area contributed by atoms with Crippen LogP contribution < -0.4 is 9.47 Å². The second-order valence-electron chi connectivity index (χ2n) is 5.64. The molecule has 3 rings (SSSR count). The van der Waals surface area contributed by atoms with Gasteiger partial charge in [0.2, 0.25) is 0 Å². The van der Waals surface area contributed by atoms with E-state index < -0.39 is 5.82 Å². The van der Waals surface area contributed by atoms with Gasteiger partial charge in [0.1, 0.15) is 11.4 Å². The summed E-state index contributed by atoms with van der Waals surface area (Å²) in [7, 11) is 1.62. The van der Waals surface area contributed by atoms with Gasteiger partial charge in [-0.25, -0.2) is 4.39 Å². The summed E-state index contributed by atoms with van der Waals surface area (Å²) in [5.41, 5.74) is 2.47. The molecule has 0 unspecified atom stereocenters. The zero-order valence-corrected chi connectivity index (χ0v) is 15.0. The molecule has 0 saturated carbocycles. The zero-order chi connectivity index (χ0) is 19.2. The Hall–Kier alpha value is -3.52. The number of nitrogens with zero attached hydrogens (tertiary/aromatic N) is 1. The second kappa shape index (κ2) is 8.24. The van der Waals surface area contributed by atoms with E-state index in [0.29, 0.717) is 12.0 Å². The van der Waals surface area contributed by atoms with Crippen LogP contribution in [0, 0.1) is 17.7 Å². The maximum absolute atomic E-state index is 14.0. The molecule has 0 amide bonds. The number of rotatable bonds is 5. The molecular weight excluding hydrogens is 345 g/mol. The normalized spacial score (nSPS) is 10.0. The van der Waals surface area contributed by atoms with Crippen molar-refractivity contribution in [2.24, 2.45) is 0 Å². The van der Waals surface area contributed by atoms with Crippen molar-refractivity contribution in [3.63, 3.8) is 0 Å². The molecule has 27 heavy (non-hydrogen) atoms. The standard InChI is InChI=1S/C22H18FNO3/c1-3-27-22-20(23)14-24(21(22)15-25)18-10-6-16(7-11-18)4-5-17-8-12-19(26-2)13-9-17/h6-15H,3H2,1-2H3. The van der Waals surface area contributed by atoms with Crippen molar-refractivity contribution in [1.29, 1.82) is 0 Å². The van der Waals surface area contributed by atoms with Gasteiger partial charge in [0, 0.05) is 23.0 Å². The van der Waals surface area contributed by atoms with Crippen molar-refractivity contribution in [2.75, 3.05) is 13.7 Å². The molecule has 5 heteroatoms. The first-order chi connectivity index (χ1) is 13.2. The van der Waals surface area contributed by atoms with Crippen molar-refractivity contribution >= 4 is 6.29 Å². The quantitative estimate of drug-likeness (QED) is 0.503. The lowest BCUT2D eigenvalue weighted by Crippen LogP contribution is -2.01. The predicted molar refractivity (Wildman–Crippen MR) is 101 cm³/mol. The number of halogens is 1. The van der Waals surface area contributed by atoms with Crippen molar-refractivity contribution in [1.82, 2.24) is 4.57 Å². The molecular formula is C22H18FNO3. The smallest absolute Gasteiger partial charge is 0.183 e. The van der Waals surface area contributed by atoms with E-state index in [1.54, 1.807) is 26.2 Å². The van der Waals surface area contributed by atoms with Gasteiger partial charge in [-0.05, 0) is 55.5 Å². The van der Waals surface area contributed by atoms with Crippen LogP contribution in [0.5, 0.6) is 11.5 Å². The first kappa shape index (κ1) is 18.3. The van der Waals surface area contributed by atoms with Gasteiger partial charge >= 0.3 is 0 Å². The Labute approximate surface area is 157 Å². The molecule has 136 valence electrons. The van der Waals surface area contributed by atoms with E-state index >= 15 is 0 Å². The first-order valence-corrected chi connectivity index (χ1v) is 8.41. The highest BCUT2D eigenvalue weighted by molar-refractivity contribution is 5.78.